The Morgan fingerprint density at radius 3 is 2.88 bits per heavy atom. The SMILES string of the molecule is Cc1nn2c(c1-c1ccccc1)COCC2. The van der Waals surface area contributed by atoms with Gasteiger partial charge in [-0.1, -0.05) is 30.3 Å². The molecule has 1 aromatic heterocycles. The van der Waals surface area contributed by atoms with Crippen LogP contribution in [0.15, 0.2) is 30.3 Å². The van der Waals surface area contributed by atoms with E-state index in [1.54, 1.807) is 0 Å². The maximum Gasteiger partial charge on any atom is 0.0892 e. The Hall–Kier alpha value is -1.61. The molecule has 0 spiro atoms. The van der Waals surface area contributed by atoms with Crippen molar-refractivity contribution in [2.45, 2.75) is 20.1 Å². The van der Waals surface area contributed by atoms with Gasteiger partial charge in [-0.15, -0.1) is 0 Å². The van der Waals surface area contributed by atoms with Crippen LogP contribution in [0.2, 0.25) is 0 Å². The lowest BCUT2D eigenvalue weighted by atomic mass is 10.0. The van der Waals surface area contributed by atoms with Gasteiger partial charge in [-0.3, -0.25) is 4.68 Å². The van der Waals surface area contributed by atoms with Crippen LogP contribution in [0.4, 0.5) is 0 Å². The Morgan fingerprint density at radius 1 is 1.25 bits per heavy atom. The molecule has 0 atom stereocenters. The molecule has 1 aliphatic rings. The van der Waals surface area contributed by atoms with E-state index in [-0.39, 0.29) is 0 Å². The highest BCUT2D eigenvalue weighted by Crippen LogP contribution is 2.29. The van der Waals surface area contributed by atoms with Gasteiger partial charge >= 0.3 is 0 Å². The maximum absolute atomic E-state index is 5.51. The fourth-order valence-corrected chi connectivity index (χ4v) is 2.26. The van der Waals surface area contributed by atoms with Crippen LogP contribution in [0, 0.1) is 6.92 Å². The third kappa shape index (κ3) is 1.44. The van der Waals surface area contributed by atoms with Crippen molar-refractivity contribution in [2.24, 2.45) is 0 Å². The minimum absolute atomic E-state index is 0.672. The van der Waals surface area contributed by atoms with E-state index in [0.29, 0.717) is 6.61 Å². The lowest BCUT2D eigenvalue weighted by Crippen LogP contribution is -2.17. The second kappa shape index (κ2) is 3.76. The molecule has 3 nitrogen and oxygen atoms in total. The van der Waals surface area contributed by atoms with Crippen LogP contribution in [0.3, 0.4) is 0 Å². The zero-order valence-electron chi connectivity index (χ0n) is 9.31. The third-order valence-electron chi connectivity index (χ3n) is 2.98. The van der Waals surface area contributed by atoms with Gasteiger partial charge in [-0.2, -0.15) is 5.10 Å². The fraction of sp³-hybridized carbons (Fsp3) is 0.308. The van der Waals surface area contributed by atoms with Gasteiger partial charge in [0.15, 0.2) is 0 Å². The van der Waals surface area contributed by atoms with Crippen molar-refractivity contribution >= 4 is 0 Å². The van der Waals surface area contributed by atoms with E-state index in [2.05, 4.69) is 41.0 Å². The minimum atomic E-state index is 0.672. The van der Waals surface area contributed by atoms with Gasteiger partial charge in [0.1, 0.15) is 0 Å². The summed E-state index contributed by atoms with van der Waals surface area (Å²) in [6.07, 6.45) is 0. The first kappa shape index (κ1) is 9.60. The van der Waals surface area contributed by atoms with Crippen molar-refractivity contribution in [3.05, 3.63) is 41.7 Å². The Morgan fingerprint density at radius 2 is 2.06 bits per heavy atom. The highest BCUT2D eigenvalue weighted by Gasteiger charge is 2.19. The number of ether oxygens (including phenoxy) is 1. The van der Waals surface area contributed by atoms with Gasteiger partial charge in [0.2, 0.25) is 0 Å². The van der Waals surface area contributed by atoms with Crippen LogP contribution in [0.5, 0.6) is 0 Å². The van der Waals surface area contributed by atoms with Gasteiger partial charge in [0, 0.05) is 5.56 Å². The molecule has 0 saturated carbocycles. The summed E-state index contributed by atoms with van der Waals surface area (Å²) < 4.78 is 7.58. The van der Waals surface area contributed by atoms with E-state index < -0.39 is 0 Å². The van der Waals surface area contributed by atoms with Crippen molar-refractivity contribution in [2.75, 3.05) is 6.61 Å². The average molecular weight is 214 g/mol. The molecule has 0 radical (unpaired) electrons. The second-order valence-corrected chi connectivity index (χ2v) is 4.05. The number of aromatic nitrogens is 2. The molecule has 0 unspecified atom stereocenters. The summed E-state index contributed by atoms with van der Waals surface area (Å²) in [7, 11) is 0. The van der Waals surface area contributed by atoms with Crippen molar-refractivity contribution in [1.29, 1.82) is 0 Å². The van der Waals surface area contributed by atoms with E-state index in [4.69, 9.17) is 4.74 Å². The summed E-state index contributed by atoms with van der Waals surface area (Å²) in [6.45, 7) is 4.37. The molecule has 0 bridgehead atoms. The van der Waals surface area contributed by atoms with Crippen molar-refractivity contribution in [3.8, 4) is 11.1 Å². The Bertz CT molecular complexity index is 502. The Labute approximate surface area is 94.7 Å². The van der Waals surface area contributed by atoms with Crippen LogP contribution in [0.1, 0.15) is 11.4 Å². The normalized spacial score (nSPS) is 14.8. The third-order valence-corrected chi connectivity index (χ3v) is 2.98. The topological polar surface area (TPSA) is 27.1 Å². The summed E-state index contributed by atoms with van der Waals surface area (Å²) in [5.74, 6) is 0. The molecule has 1 aliphatic heterocycles. The molecule has 2 aromatic rings. The minimum Gasteiger partial charge on any atom is -0.373 e. The van der Waals surface area contributed by atoms with Crippen molar-refractivity contribution in [1.82, 2.24) is 9.78 Å². The summed E-state index contributed by atoms with van der Waals surface area (Å²) in [5, 5.41) is 4.56. The summed E-state index contributed by atoms with van der Waals surface area (Å²) >= 11 is 0. The highest BCUT2D eigenvalue weighted by atomic mass is 16.5. The molecule has 3 heteroatoms. The van der Waals surface area contributed by atoms with Gasteiger partial charge in [-0.25, -0.2) is 0 Å². The van der Waals surface area contributed by atoms with Crippen LogP contribution >= 0.6 is 0 Å². The van der Waals surface area contributed by atoms with Gasteiger partial charge < -0.3 is 4.74 Å². The van der Waals surface area contributed by atoms with Crippen LogP contribution in [-0.2, 0) is 17.9 Å². The van der Waals surface area contributed by atoms with Crippen LogP contribution < -0.4 is 0 Å². The zero-order chi connectivity index (χ0) is 11.0. The first-order valence-electron chi connectivity index (χ1n) is 5.56. The zero-order valence-corrected chi connectivity index (χ0v) is 9.31. The Kier molecular flexibility index (Phi) is 2.26. The van der Waals surface area contributed by atoms with Crippen LogP contribution in [-0.4, -0.2) is 16.4 Å². The molecule has 0 fully saturated rings. The molecule has 16 heavy (non-hydrogen) atoms. The van der Waals surface area contributed by atoms with Crippen molar-refractivity contribution < 1.29 is 4.74 Å². The lowest BCUT2D eigenvalue weighted by Gasteiger charge is -2.15. The standard InChI is InChI=1S/C13H14N2O/c1-10-13(11-5-3-2-4-6-11)12-9-16-8-7-15(12)14-10/h2-6H,7-9H2,1H3. The molecule has 0 aliphatic carbocycles. The highest BCUT2D eigenvalue weighted by molar-refractivity contribution is 5.68. The first-order chi connectivity index (χ1) is 7.86. The molecular weight excluding hydrogens is 200 g/mol. The molecule has 82 valence electrons. The molecule has 3 rings (SSSR count). The molecule has 0 amide bonds. The molecule has 1 aromatic carbocycles. The number of fused-ring (bicyclic) bond motifs is 1. The number of hydrogen-bond acceptors (Lipinski definition) is 2. The van der Waals surface area contributed by atoms with Gasteiger partial charge in [0.05, 0.1) is 31.1 Å². The number of hydrogen-bond donors (Lipinski definition) is 0. The molecule has 0 saturated heterocycles. The average Bonchev–Trinajstić information content (AvgIpc) is 2.66. The lowest BCUT2D eigenvalue weighted by molar-refractivity contribution is 0.0804. The number of benzene rings is 1. The summed E-state index contributed by atoms with van der Waals surface area (Å²) in [6, 6.07) is 10.4. The number of aryl methyl sites for hydroxylation is 1. The van der Waals surface area contributed by atoms with E-state index in [1.165, 1.54) is 16.8 Å². The monoisotopic (exact) mass is 214 g/mol. The number of nitrogens with zero attached hydrogens (tertiary/aromatic N) is 2. The first-order valence-corrected chi connectivity index (χ1v) is 5.56. The Balaban J connectivity index is 2.17. The maximum atomic E-state index is 5.51. The molecular formula is C13H14N2O. The summed E-state index contributed by atoms with van der Waals surface area (Å²) in [5.41, 5.74) is 4.76. The second-order valence-electron chi connectivity index (χ2n) is 4.05. The van der Waals surface area contributed by atoms with E-state index in [9.17, 15) is 0 Å². The van der Waals surface area contributed by atoms with E-state index in [1.807, 2.05) is 6.07 Å². The smallest absolute Gasteiger partial charge is 0.0892 e. The molecule has 2 heterocycles. The fourth-order valence-electron chi connectivity index (χ4n) is 2.26. The van der Waals surface area contributed by atoms with Gasteiger partial charge in [0.25, 0.3) is 0 Å². The number of rotatable bonds is 1. The quantitative estimate of drug-likeness (QED) is 0.728. The van der Waals surface area contributed by atoms with E-state index >= 15 is 0 Å². The predicted molar refractivity (Wildman–Crippen MR) is 62.1 cm³/mol. The van der Waals surface area contributed by atoms with Crippen LogP contribution in [0.25, 0.3) is 11.1 Å². The largest absolute Gasteiger partial charge is 0.373 e. The molecule has 0 N–H and O–H groups in total. The van der Waals surface area contributed by atoms with Crippen molar-refractivity contribution in [3.63, 3.8) is 0 Å². The summed E-state index contributed by atoms with van der Waals surface area (Å²) in [4.78, 5) is 0. The van der Waals surface area contributed by atoms with E-state index in [0.717, 1.165) is 18.8 Å². The predicted octanol–water partition coefficient (Wildman–Crippen LogP) is 2.39. The van der Waals surface area contributed by atoms with Gasteiger partial charge in [-0.05, 0) is 12.5 Å².